The van der Waals surface area contributed by atoms with Gasteiger partial charge < -0.3 is 20.1 Å². The van der Waals surface area contributed by atoms with Crippen molar-refractivity contribution in [1.29, 1.82) is 0 Å². The van der Waals surface area contributed by atoms with Crippen molar-refractivity contribution in [3.63, 3.8) is 0 Å². The molecule has 1 aromatic carbocycles. The molecule has 3 aliphatic rings. The summed E-state index contributed by atoms with van der Waals surface area (Å²) in [5, 5.41) is 0.467. The Morgan fingerprint density at radius 3 is 2.55 bits per heavy atom. The monoisotopic (exact) mass is 595 g/mol. The second kappa shape index (κ2) is 11.9. The molecule has 0 bridgehead atoms. The molecule has 1 saturated carbocycles. The summed E-state index contributed by atoms with van der Waals surface area (Å²) in [5.74, 6) is -0.345. The van der Waals surface area contributed by atoms with Gasteiger partial charge in [-0.2, -0.15) is 0 Å². The van der Waals surface area contributed by atoms with E-state index in [-0.39, 0.29) is 23.3 Å². The fraction of sp³-hybridized carbons (Fsp3) is 0.457. The Kier molecular flexibility index (Phi) is 7.84. The van der Waals surface area contributed by atoms with Gasteiger partial charge in [0.1, 0.15) is 5.82 Å². The van der Waals surface area contributed by atoms with E-state index in [1.165, 1.54) is 11.6 Å². The Morgan fingerprint density at radius 1 is 0.955 bits per heavy atom. The van der Waals surface area contributed by atoms with E-state index in [1.54, 1.807) is 0 Å². The zero-order chi connectivity index (χ0) is 30.4. The van der Waals surface area contributed by atoms with Crippen LogP contribution in [0.1, 0.15) is 60.7 Å². The van der Waals surface area contributed by atoms with Gasteiger partial charge in [-0.05, 0) is 87.9 Å². The molecule has 44 heavy (non-hydrogen) atoms. The van der Waals surface area contributed by atoms with Gasteiger partial charge in [0.25, 0.3) is 0 Å². The summed E-state index contributed by atoms with van der Waals surface area (Å²) in [7, 11) is 0. The maximum atomic E-state index is 15.6. The predicted molar refractivity (Wildman–Crippen MR) is 174 cm³/mol. The molecule has 4 aromatic rings. The molecule has 0 amide bonds. The van der Waals surface area contributed by atoms with Crippen molar-refractivity contribution in [2.24, 2.45) is 5.73 Å². The standard InChI is InChI=1S/C35H42FN7O/c1-23-5-6-29(17-39-23)40-12-3-4-30(22-40)42(18-25-9-11-38-24(2)14-25)19-26-20-43(28-7-8-28)33-16-34(41-13-10-27(37)21-41)32(36)15-31(33)35(26)44/h5-6,9,11,14-17,20,27-28,30H,3-4,7-8,10,12-13,18-19,21-22,37H2,1-2H3/t27-,30?/m1/s1. The fourth-order valence-corrected chi connectivity index (χ4v) is 7.04. The largest absolute Gasteiger partial charge is 0.369 e. The number of nitrogens with two attached hydrogens (primary N) is 1. The zero-order valence-electron chi connectivity index (χ0n) is 25.8. The number of fused-ring (bicyclic) bond motifs is 1. The lowest BCUT2D eigenvalue weighted by atomic mass is 10.0. The van der Waals surface area contributed by atoms with Crippen molar-refractivity contribution < 1.29 is 4.39 Å². The van der Waals surface area contributed by atoms with E-state index in [0.29, 0.717) is 36.7 Å². The van der Waals surface area contributed by atoms with E-state index in [0.717, 1.165) is 79.9 Å². The third-order valence-corrected chi connectivity index (χ3v) is 9.57. The van der Waals surface area contributed by atoms with Crippen molar-refractivity contribution in [2.75, 3.05) is 36.0 Å². The van der Waals surface area contributed by atoms with Crippen LogP contribution in [-0.4, -0.2) is 57.7 Å². The zero-order valence-corrected chi connectivity index (χ0v) is 25.8. The van der Waals surface area contributed by atoms with Crippen molar-refractivity contribution in [1.82, 2.24) is 19.4 Å². The second-order valence-corrected chi connectivity index (χ2v) is 13.0. The molecule has 0 radical (unpaired) electrons. The van der Waals surface area contributed by atoms with Crippen LogP contribution < -0.4 is 21.0 Å². The number of rotatable bonds is 8. The van der Waals surface area contributed by atoms with Gasteiger partial charge in [0.15, 0.2) is 5.43 Å². The predicted octanol–water partition coefficient (Wildman–Crippen LogP) is 5.09. The number of aryl methyl sites for hydroxylation is 2. The lowest BCUT2D eigenvalue weighted by Gasteiger charge is -2.40. The van der Waals surface area contributed by atoms with Crippen molar-refractivity contribution in [3.8, 4) is 0 Å². The molecule has 3 aromatic heterocycles. The van der Waals surface area contributed by atoms with Crippen LogP contribution in [0.2, 0.25) is 0 Å². The molecule has 1 aliphatic carbocycles. The van der Waals surface area contributed by atoms with Gasteiger partial charge in [0.2, 0.25) is 0 Å². The summed E-state index contributed by atoms with van der Waals surface area (Å²) >= 11 is 0. The molecule has 0 spiro atoms. The van der Waals surface area contributed by atoms with Gasteiger partial charge in [-0.15, -0.1) is 0 Å². The van der Waals surface area contributed by atoms with Gasteiger partial charge in [0.05, 0.1) is 23.1 Å². The molecule has 7 rings (SSSR count). The van der Waals surface area contributed by atoms with Gasteiger partial charge >= 0.3 is 0 Å². The molecule has 3 fully saturated rings. The molecular weight excluding hydrogens is 553 g/mol. The molecule has 2 saturated heterocycles. The average molecular weight is 596 g/mol. The molecule has 1 unspecified atom stereocenters. The number of benzene rings is 1. The smallest absolute Gasteiger partial charge is 0.193 e. The minimum atomic E-state index is -0.345. The third-order valence-electron chi connectivity index (χ3n) is 9.57. The van der Waals surface area contributed by atoms with Crippen LogP contribution in [0.3, 0.4) is 0 Å². The SMILES string of the molecule is Cc1ccc(N2CCCC(N(Cc3ccnc(C)c3)Cc3cn(C4CC4)c4cc(N5CC[C@@H](N)C5)c(F)cc4c3=O)C2)cn1. The van der Waals surface area contributed by atoms with Crippen LogP contribution in [0, 0.1) is 19.7 Å². The number of hydrogen-bond acceptors (Lipinski definition) is 7. The first-order chi connectivity index (χ1) is 21.3. The molecule has 2 atom stereocenters. The van der Waals surface area contributed by atoms with Gasteiger partial charge in [-0.1, -0.05) is 0 Å². The highest BCUT2D eigenvalue weighted by Crippen LogP contribution is 2.38. The van der Waals surface area contributed by atoms with Crippen molar-refractivity contribution in [2.45, 2.75) is 77.2 Å². The van der Waals surface area contributed by atoms with Crippen molar-refractivity contribution in [3.05, 3.63) is 93.5 Å². The molecular formula is C35H42FN7O. The third kappa shape index (κ3) is 5.95. The second-order valence-electron chi connectivity index (χ2n) is 13.0. The van der Waals surface area contributed by atoms with E-state index in [9.17, 15) is 4.79 Å². The molecule has 2 N–H and O–H groups in total. The van der Waals surface area contributed by atoms with Crippen LogP contribution in [0.25, 0.3) is 10.9 Å². The fourth-order valence-electron chi connectivity index (χ4n) is 7.04. The Balaban J connectivity index is 1.25. The molecule has 8 nitrogen and oxygen atoms in total. The van der Waals surface area contributed by atoms with Gasteiger partial charge in [-0.25, -0.2) is 4.39 Å². The lowest BCUT2D eigenvalue weighted by Crippen LogP contribution is -2.48. The molecule has 2 aliphatic heterocycles. The van der Waals surface area contributed by atoms with E-state index in [4.69, 9.17) is 5.73 Å². The Bertz CT molecular complexity index is 1720. The first-order valence-electron chi connectivity index (χ1n) is 16.0. The van der Waals surface area contributed by atoms with Gasteiger partial charge in [0, 0.05) is 92.1 Å². The topological polar surface area (TPSA) is 83.5 Å². The summed E-state index contributed by atoms with van der Waals surface area (Å²) in [6, 6.07) is 12.4. The summed E-state index contributed by atoms with van der Waals surface area (Å²) < 4.78 is 17.8. The minimum Gasteiger partial charge on any atom is -0.369 e. The highest BCUT2D eigenvalue weighted by molar-refractivity contribution is 5.84. The number of piperidine rings is 1. The normalized spacial score (nSPS) is 20.7. The van der Waals surface area contributed by atoms with Crippen LogP contribution in [0.15, 0.2) is 59.8 Å². The Labute approximate surface area is 258 Å². The van der Waals surface area contributed by atoms with E-state index in [1.807, 2.05) is 37.2 Å². The average Bonchev–Trinajstić information content (AvgIpc) is 3.78. The number of nitrogens with zero attached hydrogens (tertiary/aromatic N) is 6. The van der Waals surface area contributed by atoms with Crippen LogP contribution in [0.4, 0.5) is 15.8 Å². The summed E-state index contributed by atoms with van der Waals surface area (Å²) in [6.45, 7) is 8.43. The van der Waals surface area contributed by atoms with Crippen LogP contribution in [0.5, 0.6) is 0 Å². The number of hydrogen-bond donors (Lipinski definition) is 1. The highest BCUT2D eigenvalue weighted by atomic mass is 19.1. The van der Waals surface area contributed by atoms with Crippen molar-refractivity contribution >= 4 is 22.3 Å². The Hall–Kier alpha value is -3.82. The first-order valence-corrected chi connectivity index (χ1v) is 16.0. The Morgan fingerprint density at radius 2 is 1.82 bits per heavy atom. The highest BCUT2D eigenvalue weighted by Gasteiger charge is 2.30. The number of aromatic nitrogens is 3. The quantitative estimate of drug-likeness (QED) is 0.304. The summed E-state index contributed by atoms with van der Waals surface area (Å²) in [5.41, 5.74) is 12.5. The van der Waals surface area contributed by atoms with Gasteiger partial charge in [-0.3, -0.25) is 19.7 Å². The van der Waals surface area contributed by atoms with E-state index >= 15 is 4.39 Å². The number of anilines is 2. The van der Waals surface area contributed by atoms with Crippen LogP contribution in [-0.2, 0) is 13.1 Å². The molecule has 5 heterocycles. The minimum absolute atomic E-state index is 0.0475. The number of halogens is 1. The maximum Gasteiger partial charge on any atom is 0.193 e. The van der Waals surface area contributed by atoms with Crippen LogP contribution >= 0.6 is 0 Å². The summed E-state index contributed by atoms with van der Waals surface area (Å²) in [4.78, 5) is 30.0. The lowest BCUT2D eigenvalue weighted by molar-refractivity contribution is 0.158. The molecule has 230 valence electrons. The maximum absolute atomic E-state index is 15.6. The first kappa shape index (κ1) is 28.9. The number of pyridine rings is 3. The molecule has 9 heteroatoms. The van der Waals surface area contributed by atoms with E-state index < -0.39 is 0 Å². The summed E-state index contributed by atoms with van der Waals surface area (Å²) in [6.07, 6.45) is 11.0. The van der Waals surface area contributed by atoms with E-state index in [2.05, 4.69) is 54.8 Å².